The molecule has 78 valence electrons. The van der Waals surface area contributed by atoms with Crippen LogP contribution in [0.15, 0.2) is 35.1 Å². The fourth-order valence-electron chi connectivity index (χ4n) is 1.23. The molecule has 6 heteroatoms. The number of aromatic amines is 1. The highest BCUT2D eigenvalue weighted by molar-refractivity contribution is 6.99. The van der Waals surface area contributed by atoms with Gasteiger partial charge >= 0.3 is 5.56 Å². The Bertz CT molecular complexity index is 478. The second kappa shape index (κ2) is 4.24. The molecule has 1 aromatic heterocycles. The first-order chi connectivity index (χ1) is 7.27. The number of nitrogens with two attached hydrogens (primary N) is 1. The molecular weight excluding hydrogens is 212 g/mol. The summed E-state index contributed by atoms with van der Waals surface area (Å²) >= 11 is 0.996. The predicted molar refractivity (Wildman–Crippen MR) is 59.5 cm³/mol. The van der Waals surface area contributed by atoms with E-state index in [1.54, 1.807) is 0 Å². The molecule has 2 aromatic rings. The predicted octanol–water partition coefficient (Wildman–Crippen LogP) is 0.712. The topological polar surface area (TPSA) is 75.0 Å². The summed E-state index contributed by atoms with van der Waals surface area (Å²) in [5, 5.41) is 1.34. The zero-order valence-electron chi connectivity index (χ0n) is 7.88. The van der Waals surface area contributed by atoms with E-state index in [2.05, 4.69) is 8.75 Å². The van der Waals surface area contributed by atoms with Crippen LogP contribution in [0, 0.1) is 0 Å². The summed E-state index contributed by atoms with van der Waals surface area (Å²) in [6, 6.07) is 9.67. The highest BCUT2D eigenvalue weighted by Gasteiger charge is 2.09. The summed E-state index contributed by atoms with van der Waals surface area (Å²) in [6.45, 7) is 0.466. The normalized spacial score (nSPS) is 10.2. The van der Waals surface area contributed by atoms with Gasteiger partial charge in [0.2, 0.25) is 5.82 Å². The summed E-state index contributed by atoms with van der Waals surface area (Å²) in [5.74, 6) is 5.98. The molecule has 3 N–H and O–H groups in total. The highest BCUT2D eigenvalue weighted by Crippen LogP contribution is 2.06. The summed E-state index contributed by atoms with van der Waals surface area (Å²) in [7, 11) is 0. The van der Waals surface area contributed by atoms with Crippen LogP contribution in [-0.2, 0) is 6.54 Å². The Morgan fingerprint density at radius 1 is 1.40 bits per heavy atom. The van der Waals surface area contributed by atoms with Gasteiger partial charge in [-0.15, -0.1) is 0 Å². The van der Waals surface area contributed by atoms with Gasteiger partial charge in [0.05, 0.1) is 6.54 Å². The van der Waals surface area contributed by atoms with E-state index in [0.29, 0.717) is 6.54 Å². The lowest BCUT2D eigenvalue weighted by molar-refractivity contribution is 0.834. The molecule has 0 aliphatic heterocycles. The van der Waals surface area contributed by atoms with Gasteiger partial charge in [0.15, 0.2) is 0 Å². The Labute approximate surface area is 90.4 Å². The first-order valence-electron chi connectivity index (χ1n) is 4.38. The number of anilines is 1. The van der Waals surface area contributed by atoms with Crippen LogP contribution in [-0.4, -0.2) is 8.75 Å². The number of hydrazine groups is 1. The van der Waals surface area contributed by atoms with Crippen LogP contribution in [0.5, 0.6) is 0 Å². The Morgan fingerprint density at radius 3 is 2.73 bits per heavy atom. The van der Waals surface area contributed by atoms with Gasteiger partial charge in [-0.25, -0.2) is 5.84 Å². The summed E-state index contributed by atoms with van der Waals surface area (Å²) in [6.07, 6.45) is 0. The van der Waals surface area contributed by atoms with Crippen molar-refractivity contribution in [1.29, 1.82) is 0 Å². The maximum absolute atomic E-state index is 11.2. The van der Waals surface area contributed by atoms with Crippen LogP contribution in [0.25, 0.3) is 0 Å². The molecule has 0 aliphatic rings. The van der Waals surface area contributed by atoms with Crippen molar-refractivity contribution in [3.63, 3.8) is 0 Å². The van der Waals surface area contributed by atoms with Crippen molar-refractivity contribution in [2.75, 3.05) is 5.01 Å². The molecule has 0 spiro atoms. The van der Waals surface area contributed by atoms with E-state index in [1.807, 2.05) is 30.3 Å². The van der Waals surface area contributed by atoms with Gasteiger partial charge in [0.25, 0.3) is 0 Å². The molecule has 5 nitrogen and oxygen atoms in total. The van der Waals surface area contributed by atoms with Gasteiger partial charge in [-0.05, 0) is 5.56 Å². The van der Waals surface area contributed by atoms with Gasteiger partial charge in [-0.3, -0.25) is 14.2 Å². The third-order valence-corrected chi connectivity index (χ3v) is 2.48. The number of hydrogen-bond donors (Lipinski definition) is 2. The number of benzene rings is 1. The highest BCUT2D eigenvalue weighted by atomic mass is 32.1. The number of nitrogens with zero attached hydrogens (tertiary/aromatic N) is 2. The van der Waals surface area contributed by atoms with E-state index < -0.39 is 0 Å². The zero-order valence-corrected chi connectivity index (χ0v) is 8.70. The number of rotatable bonds is 3. The minimum atomic E-state index is -0.251. The Balaban J connectivity index is 2.14. The molecule has 15 heavy (non-hydrogen) atoms. The molecule has 0 amide bonds. The average molecular weight is 222 g/mol. The van der Waals surface area contributed by atoms with Crippen LogP contribution in [0.3, 0.4) is 0 Å². The number of aromatic nitrogens is 2. The van der Waals surface area contributed by atoms with Gasteiger partial charge < -0.3 is 0 Å². The smallest absolute Gasteiger partial charge is 0.285 e. The molecule has 0 unspecified atom stereocenters. The van der Waals surface area contributed by atoms with Crippen molar-refractivity contribution in [1.82, 2.24) is 8.75 Å². The Hall–Kier alpha value is -1.66. The minimum Gasteiger partial charge on any atom is -0.285 e. The van der Waals surface area contributed by atoms with Crippen molar-refractivity contribution in [2.45, 2.75) is 6.54 Å². The fourth-order valence-corrected chi connectivity index (χ4v) is 1.73. The third kappa shape index (κ3) is 2.23. The van der Waals surface area contributed by atoms with Crippen molar-refractivity contribution in [3.8, 4) is 0 Å². The second-order valence-electron chi connectivity index (χ2n) is 3.05. The van der Waals surface area contributed by atoms with Crippen LogP contribution in [0.1, 0.15) is 5.56 Å². The molecule has 1 aromatic carbocycles. The van der Waals surface area contributed by atoms with E-state index in [0.717, 1.165) is 17.3 Å². The molecule has 0 radical (unpaired) electrons. The molecule has 0 saturated carbocycles. The van der Waals surface area contributed by atoms with Gasteiger partial charge in [-0.1, -0.05) is 30.3 Å². The van der Waals surface area contributed by atoms with Crippen molar-refractivity contribution < 1.29 is 0 Å². The van der Waals surface area contributed by atoms with E-state index in [4.69, 9.17) is 5.84 Å². The monoisotopic (exact) mass is 222 g/mol. The number of nitrogens with one attached hydrogen (secondary N) is 1. The van der Waals surface area contributed by atoms with E-state index >= 15 is 0 Å². The quantitative estimate of drug-likeness (QED) is 0.592. The van der Waals surface area contributed by atoms with Crippen LogP contribution in [0.2, 0.25) is 0 Å². The van der Waals surface area contributed by atoms with Crippen LogP contribution < -0.4 is 16.4 Å². The van der Waals surface area contributed by atoms with E-state index in [-0.39, 0.29) is 11.4 Å². The molecule has 2 rings (SSSR count). The third-order valence-electron chi connectivity index (χ3n) is 1.94. The van der Waals surface area contributed by atoms with Crippen molar-refractivity contribution >= 4 is 17.5 Å². The number of H-pyrrole nitrogens is 1. The lowest BCUT2D eigenvalue weighted by Gasteiger charge is -2.13. The molecule has 0 fully saturated rings. The van der Waals surface area contributed by atoms with Crippen LogP contribution >= 0.6 is 11.7 Å². The van der Waals surface area contributed by atoms with E-state index in [1.165, 1.54) is 5.01 Å². The van der Waals surface area contributed by atoms with Crippen LogP contribution in [0.4, 0.5) is 5.82 Å². The maximum Gasteiger partial charge on any atom is 0.303 e. The SMILES string of the molecule is NN(Cc1ccccc1)c1ns[nH]c1=O. The largest absolute Gasteiger partial charge is 0.303 e. The molecular formula is C9H10N4OS. The van der Waals surface area contributed by atoms with Crippen molar-refractivity contribution in [3.05, 3.63) is 46.2 Å². The lowest BCUT2D eigenvalue weighted by Crippen LogP contribution is -2.34. The lowest BCUT2D eigenvalue weighted by atomic mass is 10.2. The fraction of sp³-hybridized carbons (Fsp3) is 0.111. The Kier molecular flexibility index (Phi) is 2.79. The van der Waals surface area contributed by atoms with E-state index in [9.17, 15) is 4.79 Å². The second-order valence-corrected chi connectivity index (χ2v) is 3.62. The average Bonchev–Trinajstić information content (AvgIpc) is 2.66. The first kappa shape index (κ1) is 9.88. The zero-order chi connectivity index (χ0) is 10.7. The van der Waals surface area contributed by atoms with Crippen molar-refractivity contribution in [2.24, 2.45) is 5.84 Å². The van der Waals surface area contributed by atoms with Gasteiger partial charge in [0.1, 0.15) is 0 Å². The summed E-state index contributed by atoms with van der Waals surface area (Å²) in [5.41, 5.74) is 0.783. The molecule has 1 heterocycles. The Morgan fingerprint density at radius 2 is 2.13 bits per heavy atom. The molecule has 0 aliphatic carbocycles. The van der Waals surface area contributed by atoms with Gasteiger partial charge in [0, 0.05) is 11.7 Å². The summed E-state index contributed by atoms with van der Waals surface area (Å²) in [4.78, 5) is 11.2. The molecule has 0 atom stereocenters. The summed E-state index contributed by atoms with van der Waals surface area (Å²) < 4.78 is 6.38. The maximum atomic E-state index is 11.2. The van der Waals surface area contributed by atoms with Gasteiger partial charge in [-0.2, -0.15) is 4.37 Å². The number of hydrogen-bond acceptors (Lipinski definition) is 5. The minimum absolute atomic E-state index is 0.251. The molecule has 0 saturated heterocycles. The standard InChI is InChI=1S/C9H10N4OS/c10-13(8-9(14)12-15-11-8)6-7-4-2-1-3-5-7/h1-5H,6,10H2,(H,12,14). The molecule has 0 bridgehead atoms. The first-order valence-corrected chi connectivity index (χ1v) is 5.15.